The van der Waals surface area contributed by atoms with Crippen LogP contribution in [0.4, 0.5) is 5.69 Å². The minimum Gasteiger partial charge on any atom is -0.496 e. The summed E-state index contributed by atoms with van der Waals surface area (Å²) in [7, 11) is 2.19. The van der Waals surface area contributed by atoms with Gasteiger partial charge < -0.3 is 24.3 Å². The van der Waals surface area contributed by atoms with E-state index < -0.39 is 9.84 Å². The van der Waals surface area contributed by atoms with Crippen molar-refractivity contribution in [3.05, 3.63) is 88.6 Å². The third kappa shape index (κ3) is 7.36. The molecule has 9 nitrogen and oxygen atoms in total. The fourth-order valence-corrected chi connectivity index (χ4v) is 4.57. The molecule has 0 saturated carbocycles. The lowest BCUT2D eigenvalue weighted by atomic mass is 10.1. The Balaban J connectivity index is 1.78. The number of aromatic nitrogens is 1. The molecule has 0 bridgehead atoms. The second kappa shape index (κ2) is 12.8. The fraction of sp³-hybridized carbons (Fsp3) is 0.214. The summed E-state index contributed by atoms with van der Waals surface area (Å²) in [6.45, 7) is 1.95. The van der Waals surface area contributed by atoms with Crippen molar-refractivity contribution in [3.63, 3.8) is 0 Å². The van der Waals surface area contributed by atoms with E-state index in [1.165, 1.54) is 53.0 Å². The summed E-state index contributed by atoms with van der Waals surface area (Å²) in [5, 5.41) is 4.05. The zero-order chi connectivity index (χ0) is 27.7. The van der Waals surface area contributed by atoms with Gasteiger partial charge in [0.05, 0.1) is 39.8 Å². The molecular formula is C28H30N2O7S. The molecule has 1 N–H and O–H groups in total. The molecule has 0 aliphatic heterocycles. The molecule has 1 aromatic heterocycles. The highest BCUT2D eigenvalue weighted by molar-refractivity contribution is 7.93. The number of nitrogens with zero attached hydrogens (tertiary/aromatic N) is 1. The van der Waals surface area contributed by atoms with Crippen LogP contribution < -0.4 is 24.3 Å². The zero-order valence-electron chi connectivity index (χ0n) is 21.8. The van der Waals surface area contributed by atoms with Crippen LogP contribution in [0.15, 0.2) is 66.3 Å². The van der Waals surface area contributed by atoms with Gasteiger partial charge in [0.25, 0.3) is 0 Å². The van der Waals surface area contributed by atoms with Crippen molar-refractivity contribution in [2.24, 2.45) is 0 Å². The molecule has 0 aliphatic rings. The summed E-state index contributed by atoms with van der Waals surface area (Å²) in [6.07, 6.45) is 5.68. The Labute approximate surface area is 222 Å². The van der Waals surface area contributed by atoms with Crippen LogP contribution in [0.3, 0.4) is 0 Å². The first kappa shape index (κ1) is 28.3. The van der Waals surface area contributed by atoms with Crippen molar-refractivity contribution in [2.45, 2.75) is 12.7 Å². The number of ketones is 1. The number of sulfone groups is 1. The summed E-state index contributed by atoms with van der Waals surface area (Å²) < 4.78 is 47.1. The molecule has 1 heterocycles. The van der Waals surface area contributed by atoms with Crippen LogP contribution in [0.1, 0.15) is 27.0 Å². The summed E-state index contributed by atoms with van der Waals surface area (Å²) in [5.41, 5.74) is 2.90. The van der Waals surface area contributed by atoms with Crippen LogP contribution in [0.2, 0.25) is 0 Å². The standard InChI is InChI=1S/C28H30N2O7S/c1-19-6-8-21(9-7-19)25(31)10-12-29-24-14-20(17-30-28(24)37-5)18-38(32,33)13-11-23-26(35-3)15-22(34-2)16-27(23)36-4/h6-17,29H,18H2,1-5H3/b12-10+,13-11+. The Morgan fingerprint density at radius 3 is 2.18 bits per heavy atom. The van der Waals surface area contributed by atoms with E-state index in [1.54, 1.807) is 30.3 Å². The van der Waals surface area contributed by atoms with E-state index in [1.807, 2.05) is 19.1 Å². The first-order valence-corrected chi connectivity index (χ1v) is 13.2. The molecule has 0 saturated heterocycles. The molecule has 38 heavy (non-hydrogen) atoms. The number of aryl methyl sites for hydroxylation is 1. The average Bonchev–Trinajstić information content (AvgIpc) is 2.91. The number of benzene rings is 2. The quantitative estimate of drug-likeness (QED) is 0.256. The SMILES string of the molecule is COc1cc(OC)c(/C=C/S(=O)(=O)Cc2cnc(OC)c(N/C=C/C(=O)c3ccc(C)cc3)c2)c(OC)c1. The molecular weight excluding hydrogens is 508 g/mol. The maximum absolute atomic E-state index is 12.9. The Morgan fingerprint density at radius 2 is 1.61 bits per heavy atom. The normalized spacial score (nSPS) is 11.5. The number of nitrogens with one attached hydrogen (secondary N) is 1. The highest BCUT2D eigenvalue weighted by Gasteiger charge is 2.15. The molecule has 2 aromatic carbocycles. The van der Waals surface area contributed by atoms with E-state index in [-0.39, 0.29) is 17.4 Å². The third-order valence-electron chi connectivity index (χ3n) is 5.47. The van der Waals surface area contributed by atoms with Crippen molar-refractivity contribution >= 4 is 27.4 Å². The molecule has 0 fully saturated rings. The van der Waals surface area contributed by atoms with E-state index in [2.05, 4.69) is 10.3 Å². The monoisotopic (exact) mass is 538 g/mol. The highest BCUT2D eigenvalue weighted by atomic mass is 32.2. The number of allylic oxidation sites excluding steroid dienone is 1. The van der Waals surface area contributed by atoms with Gasteiger partial charge in [-0.25, -0.2) is 13.4 Å². The van der Waals surface area contributed by atoms with Crippen molar-refractivity contribution in [1.82, 2.24) is 4.98 Å². The largest absolute Gasteiger partial charge is 0.496 e. The number of hydrogen-bond acceptors (Lipinski definition) is 9. The van der Waals surface area contributed by atoms with Crippen LogP contribution in [0.25, 0.3) is 6.08 Å². The highest BCUT2D eigenvalue weighted by Crippen LogP contribution is 2.35. The van der Waals surface area contributed by atoms with Gasteiger partial charge in [-0.2, -0.15) is 0 Å². The number of ether oxygens (including phenoxy) is 4. The molecule has 0 amide bonds. The van der Waals surface area contributed by atoms with Crippen molar-refractivity contribution < 1.29 is 32.2 Å². The topological polar surface area (TPSA) is 113 Å². The Hall–Kier alpha value is -4.31. The predicted octanol–water partition coefficient (Wildman–Crippen LogP) is 4.82. The van der Waals surface area contributed by atoms with E-state index in [9.17, 15) is 13.2 Å². The second-order valence-corrected chi connectivity index (χ2v) is 10.1. The zero-order valence-corrected chi connectivity index (χ0v) is 22.7. The molecule has 0 spiro atoms. The number of hydrogen-bond donors (Lipinski definition) is 1. The maximum atomic E-state index is 12.9. The number of carbonyl (C=O) groups excluding carboxylic acids is 1. The lowest BCUT2D eigenvalue weighted by Crippen LogP contribution is -2.04. The molecule has 3 rings (SSSR count). The minimum absolute atomic E-state index is 0.183. The van der Waals surface area contributed by atoms with Gasteiger partial charge in [-0.05, 0) is 24.6 Å². The molecule has 3 aromatic rings. The first-order valence-electron chi connectivity index (χ1n) is 11.5. The molecule has 0 radical (unpaired) electrons. The summed E-state index contributed by atoms with van der Waals surface area (Å²) in [5.74, 6) is 1.06. The fourth-order valence-electron chi connectivity index (χ4n) is 3.51. The van der Waals surface area contributed by atoms with E-state index in [4.69, 9.17) is 18.9 Å². The maximum Gasteiger partial charge on any atom is 0.237 e. The summed E-state index contributed by atoms with van der Waals surface area (Å²) in [4.78, 5) is 16.6. The van der Waals surface area contributed by atoms with Crippen LogP contribution >= 0.6 is 0 Å². The number of rotatable bonds is 12. The van der Waals surface area contributed by atoms with Crippen LogP contribution in [-0.2, 0) is 15.6 Å². The summed E-state index contributed by atoms with van der Waals surface area (Å²) in [6, 6.07) is 12.1. The average molecular weight is 539 g/mol. The number of methoxy groups -OCH3 is 4. The lowest BCUT2D eigenvalue weighted by molar-refractivity contribution is 0.104. The van der Waals surface area contributed by atoms with Crippen molar-refractivity contribution in [2.75, 3.05) is 33.8 Å². The number of carbonyl (C=O) groups is 1. The van der Waals surface area contributed by atoms with Gasteiger partial charge in [0, 0.05) is 41.6 Å². The van der Waals surface area contributed by atoms with Gasteiger partial charge in [-0.3, -0.25) is 4.79 Å². The second-order valence-electron chi connectivity index (χ2n) is 8.16. The molecule has 10 heteroatoms. The summed E-state index contributed by atoms with van der Waals surface area (Å²) >= 11 is 0. The van der Waals surface area contributed by atoms with Gasteiger partial charge in [0.15, 0.2) is 15.6 Å². The van der Waals surface area contributed by atoms with Gasteiger partial charge in [-0.15, -0.1) is 0 Å². The number of anilines is 1. The number of pyridine rings is 1. The van der Waals surface area contributed by atoms with E-state index >= 15 is 0 Å². The van der Waals surface area contributed by atoms with Crippen molar-refractivity contribution in [3.8, 4) is 23.1 Å². The molecule has 0 aliphatic carbocycles. The van der Waals surface area contributed by atoms with E-state index in [0.29, 0.717) is 39.6 Å². The first-order chi connectivity index (χ1) is 18.2. The van der Waals surface area contributed by atoms with Crippen LogP contribution in [0, 0.1) is 6.92 Å². The Kier molecular flexibility index (Phi) is 9.50. The van der Waals surface area contributed by atoms with Crippen LogP contribution in [-0.4, -0.2) is 47.6 Å². The van der Waals surface area contributed by atoms with Gasteiger partial charge in [0.2, 0.25) is 5.88 Å². The van der Waals surface area contributed by atoms with Crippen molar-refractivity contribution in [1.29, 1.82) is 0 Å². The van der Waals surface area contributed by atoms with Gasteiger partial charge >= 0.3 is 0 Å². The third-order valence-corrected chi connectivity index (χ3v) is 6.76. The molecule has 200 valence electrons. The predicted molar refractivity (Wildman–Crippen MR) is 147 cm³/mol. The minimum atomic E-state index is -3.71. The van der Waals surface area contributed by atoms with Crippen LogP contribution in [0.5, 0.6) is 23.1 Å². The van der Waals surface area contributed by atoms with Gasteiger partial charge in [-0.1, -0.05) is 29.8 Å². The smallest absolute Gasteiger partial charge is 0.237 e. The lowest BCUT2D eigenvalue weighted by Gasteiger charge is -2.12. The Bertz CT molecular complexity index is 1420. The van der Waals surface area contributed by atoms with Gasteiger partial charge in [0.1, 0.15) is 22.9 Å². The molecule has 0 unspecified atom stereocenters. The van der Waals surface area contributed by atoms with E-state index in [0.717, 1.165) is 11.0 Å². The Morgan fingerprint density at radius 1 is 0.947 bits per heavy atom. The molecule has 0 atom stereocenters.